The summed E-state index contributed by atoms with van der Waals surface area (Å²) in [5, 5.41) is 0. The maximum Gasteiger partial charge on any atom is 0.446 e. The van der Waals surface area contributed by atoms with Crippen molar-refractivity contribution in [3.63, 3.8) is 0 Å². The van der Waals surface area contributed by atoms with Crippen LogP contribution in [0.5, 0.6) is 0 Å². The Bertz CT molecular complexity index is 534. The van der Waals surface area contributed by atoms with Crippen LogP contribution >= 0.6 is 11.8 Å². The molecule has 2 rings (SSSR count). The molecule has 1 aromatic carbocycles. The number of alkyl halides is 3. The summed E-state index contributed by atoms with van der Waals surface area (Å²) in [7, 11) is 0. The third-order valence-corrected chi connectivity index (χ3v) is 5.19. The Morgan fingerprint density at radius 3 is 2.35 bits per heavy atom. The van der Waals surface area contributed by atoms with Gasteiger partial charge in [-0.1, -0.05) is 26.8 Å². The number of hydrogen-bond acceptors (Lipinski definition) is 2. The normalized spacial score (nSPS) is 22.6. The topological polar surface area (TPSA) is 26.0 Å². The molecule has 0 aromatic heterocycles. The van der Waals surface area contributed by atoms with Crippen LogP contribution in [0.4, 0.5) is 13.2 Å². The van der Waals surface area contributed by atoms with Gasteiger partial charge in [-0.05, 0) is 78.5 Å². The van der Waals surface area contributed by atoms with E-state index in [1.165, 1.54) is 0 Å². The summed E-state index contributed by atoms with van der Waals surface area (Å²) in [6.45, 7) is 6.10. The van der Waals surface area contributed by atoms with Crippen molar-refractivity contribution < 1.29 is 13.2 Å². The van der Waals surface area contributed by atoms with Gasteiger partial charge in [0, 0.05) is 10.9 Å². The second-order valence-electron chi connectivity index (χ2n) is 7.64. The van der Waals surface area contributed by atoms with E-state index in [1.807, 2.05) is 20.8 Å². The maximum absolute atomic E-state index is 12.7. The first-order valence-corrected chi connectivity index (χ1v) is 9.00. The summed E-state index contributed by atoms with van der Waals surface area (Å²) < 4.78 is 38.2. The fraction of sp³-hybridized carbons (Fsp3) is 0.667. The van der Waals surface area contributed by atoms with Gasteiger partial charge in [0.15, 0.2) is 0 Å². The number of rotatable bonds is 4. The van der Waals surface area contributed by atoms with E-state index in [-0.39, 0.29) is 17.2 Å². The number of halogens is 3. The minimum absolute atomic E-state index is 0.0163. The summed E-state index contributed by atoms with van der Waals surface area (Å²) in [6.07, 6.45) is 5.10. The second-order valence-corrected chi connectivity index (χ2v) is 8.78. The van der Waals surface area contributed by atoms with Gasteiger partial charge in [0.05, 0.1) is 0 Å². The lowest BCUT2D eigenvalue weighted by molar-refractivity contribution is -0.0328. The Kier molecular flexibility index (Phi) is 5.72. The van der Waals surface area contributed by atoms with E-state index in [2.05, 4.69) is 6.07 Å². The van der Waals surface area contributed by atoms with Gasteiger partial charge in [0.25, 0.3) is 0 Å². The van der Waals surface area contributed by atoms with E-state index in [4.69, 9.17) is 5.73 Å². The van der Waals surface area contributed by atoms with Crippen LogP contribution in [-0.2, 0) is 11.8 Å². The number of thioether (sulfide) groups is 1. The zero-order chi connectivity index (χ0) is 17.3. The zero-order valence-electron chi connectivity index (χ0n) is 14.0. The molecule has 23 heavy (non-hydrogen) atoms. The summed E-state index contributed by atoms with van der Waals surface area (Å²) in [4.78, 5) is 0.294. The molecular formula is C18H26F3NS. The molecule has 0 saturated heterocycles. The van der Waals surface area contributed by atoms with Crippen LogP contribution in [0.15, 0.2) is 23.1 Å². The van der Waals surface area contributed by atoms with Crippen LogP contribution in [0.3, 0.4) is 0 Å². The lowest BCUT2D eigenvalue weighted by Crippen LogP contribution is -2.15. The van der Waals surface area contributed by atoms with E-state index < -0.39 is 5.51 Å². The van der Waals surface area contributed by atoms with E-state index in [1.54, 1.807) is 12.1 Å². The molecule has 0 radical (unpaired) electrons. The predicted molar refractivity (Wildman–Crippen MR) is 90.7 cm³/mol. The lowest BCUT2D eigenvalue weighted by atomic mass is 9.85. The van der Waals surface area contributed by atoms with Gasteiger partial charge >= 0.3 is 5.51 Å². The van der Waals surface area contributed by atoms with Crippen LogP contribution in [0, 0.1) is 5.92 Å². The highest BCUT2D eigenvalue weighted by Gasteiger charge is 2.30. The lowest BCUT2D eigenvalue weighted by Gasteiger charge is -2.22. The van der Waals surface area contributed by atoms with Crippen LogP contribution in [0.2, 0.25) is 0 Å². The third-order valence-electron chi connectivity index (χ3n) is 4.49. The Labute approximate surface area is 141 Å². The molecule has 0 heterocycles. The minimum atomic E-state index is -4.24. The predicted octanol–water partition coefficient (Wildman–Crippen LogP) is 5.66. The summed E-state index contributed by atoms with van der Waals surface area (Å²) >= 11 is -0.0163. The Morgan fingerprint density at radius 2 is 1.83 bits per heavy atom. The molecule has 0 aliphatic heterocycles. The van der Waals surface area contributed by atoms with Gasteiger partial charge in [0.1, 0.15) is 0 Å². The fourth-order valence-electron chi connectivity index (χ4n) is 3.18. The monoisotopic (exact) mass is 345 g/mol. The Morgan fingerprint density at radius 1 is 1.13 bits per heavy atom. The van der Waals surface area contributed by atoms with Gasteiger partial charge in [-0.25, -0.2) is 0 Å². The summed E-state index contributed by atoms with van der Waals surface area (Å²) in [5.74, 6) is 0.613. The first kappa shape index (κ1) is 18.7. The molecule has 2 atom stereocenters. The molecule has 0 spiro atoms. The zero-order valence-corrected chi connectivity index (χ0v) is 14.9. The molecule has 1 aliphatic carbocycles. The number of hydrogen-bond donors (Lipinski definition) is 1. The van der Waals surface area contributed by atoms with E-state index in [0.29, 0.717) is 16.9 Å². The Balaban J connectivity index is 2.15. The van der Waals surface area contributed by atoms with Crippen molar-refractivity contribution in [2.75, 3.05) is 0 Å². The average Bonchev–Trinajstić information content (AvgIpc) is 2.79. The van der Waals surface area contributed by atoms with Crippen LogP contribution < -0.4 is 5.73 Å². The molecule has 130 valence electrons. The average molecular weight is 345 g/mol. The molecular weight excluding hydrogens is 319 g/mol. The van der Waals surface area contributed by atoms with Crippen LogP contribution in [-0.4, -0.2) is 11.6 Å². The molecule has 1 unspecified atom stereocenters. The summed E-state index contributed by atoms with van der Waals surface area (Å²) in [6, 6.07) is 5.74. The van der Waals surface area contributed by atoms with Crippen LogP contribution in [0.1, 0.15) is 57.6 Å². The molecule has 1 nitrogen and oxygen atoms in total. The first-order valence-electron chi connectivity index (χ1n) is 8.19. The SMILES string of the molecule is CC(C)(C)c1cc(CCC2CC[C@H](N)C2)cc(SC(F)(F)F)c1. The van der Waals surface area contributed by atoms with Crippen molar-refractivity contribution in [2.24, 2.45) is 11.7 Å². The molecule has 1 aromatic rings. The highest BCUT2D eigenvalue weighted by molar-refractivity contribution is 8.00. The van der Waals surface area contributed by atoms with E-state index in [9.17, 15) is 13.2 Å². The van der Waals surface area contributed by atoms with Gasteiger partial charge in [0.2, 0.25) is 0 Å². The largest absolute Gasteiger partial charge is 0.446 e. The second kappa shape index (κ2) is 7.06. The van der Waals surface area contributed by atoms with Crippen molar-refractivity contribution in [3.8, 4) is 0 Å². The quantitative estimate of drug-likeness (QED) is 0.713. The number of benzene rings is 1. The Hall–Kier alpha value is -0.680. The molecule has 0 bridgehead atoms. The number of aryl methyl sites for hydroxylation is 1. The molecule has 1 saturated carbocycles. The van der Waals surface area contributed by atoms with Crippen molar-refractivity contribution >= 4 is 11.8 Å². The van der Waals surface area contributed by atoms with Gasteiger partial charge in [-0.2, -0.15) is 13.2 Å². The van der Waals surface area contributed by atoms with Gasteiger partial charge < -0.3 is 5.73 Å². The summed E-state index contributed by atoms with van der Waals surface area (Å²) in [5.41, 5.74) is 3.50. The smallest absolute Gasteiger partial charge is 0.328 e. The molecule has 1 fully saturated rings. The van der Waals surface area contributed by atoms with E-state index >= 15 is 0 Å². The molecule has 2 N–H and O–H groups in total. The van der Waals surface area contributed by atoms with E-state index in [0.717, 1.165) is 43.2 Å². The van der Waals surface area contributed by atoms with Gasteiger partial charge in [-0.3, -0.25) is 0 Å². The van der Waals surface area contributed by atoms with Crippen molar-refractivity contribution in [1.82, 2.24) is 0 Å². The molecule has 5 heteroatoms. The maximum atomic E-state index is 12.7. The fourth-order valence-corrected chi connectivity index (χ4v) is 3.84. The molecule has 1 aliphatic rings. The highest BCUT2D eigenvalue weighted by Crippen LogP contribution is 2.39. The van der Waals surface area contributed by atoms with Crippen molar-refractivity contribution in [2.45, 2.75) is 74.7 Å². The standard InChI is InChI=1S/C18H26F3NS/c1-17(2,3)14-8-13(5-4-12-6-7-15(22)9-12)10-16(11-14)23-18(19,20)21/h8,10-12,15H,4-7,9,22H2,1-3H3/t12?,15-/m0/s1. The highest BCUT2D eigenvalue weighted by atomic mass is 32.2. The molecule has 0 amide bonds. The van der Waals surface area contributed by atoms with Crippen molar-refractivity contribution in [1.29, 1.82) is 0 Å². The van der Waals surface area contributed by atoms with Crippen molar-refractivity contribution in [3.05, 3.63) is 29.3 Å². The number of nitrogens with two attached hydrogens (primary N) is 1. The third kappa shape index (κ3) is 6.03. The van der Waals surface area contributed by atoms with Crippen LogP contribution in [0.25, 0.3) is 0 Å². The minimum Gasteiger partial charge on any atom is -0.328 e. The first-order chi connectivity index (χ1) is 10.5. The van der Waals surface area contributed by atoms with Gasteiger partial charge in [-0.15, -0.1) is 0 Å².